The molecular weight excluding hydrogens is 357 g/mol. The Labute approximate surface area is 153 Å². The maximum Gasteiger partial charge on any atom is 0.234 e. The molecule has 136 valence electrons. The van der Waals surface area contributed by atoms with Crippen molar-refractivity contribution in [3.05, 3.63) is 41.5 Å². The number of halogens is 1. The average molecular weight is 375 g/mol. The largest absolute Gasteiger partial charge is 0.335 e. The van der Waals surface area contributed by atoms with Crippen molar-refractivity contribution >= 4 is 23.4 Å². The minimum Gasteiger partial charge on any atom is -0.335 e. The number of hydrogen-bond acceptors (Lipinski definition) is 6. The second kappa shape index (κ2) is 7.16. The molecule has 1 aromatic carbocycles. The average Bonchev–Trinajstić information content (AvgIpc) is 3.07. The van der Waals surface area contributed by atoms with Gasteiger partial charge in [0.1, 0.15) is 5.82 Å². The monoisotopic (exact) mass is 375 g/mol. The van der Waals surface area contributed by atoms with Crippen LogP contribution in [0, 0.1) is 19.7 Å². The molecule has 3 N–H and O–H groups in total. The van der Waals surface area contributed by atoms with Crippen LogP contribution in [0.25, 0.3) is 11.4 Å². The summed E-state index contributed by atoms with van der Waals surface area (Å²) in [6, 6.07) is 5.91. The van der Waals surface area contributed by atoms with Gasteiger partial charge in [0.25, 0.3) is 0 Å². The van der Waals surface area contributed by atoms with E-state index < -0.39 is 0 Å². The summed E-state index contributed by atoms with van der Waals surface area (Å²) in [5, 5.41) is 15.4. The molecule has 0 aliphatic carbocycles. The third-order valence-electron chi connectivity index (χ3n) is 3.85. The molecule has 0 unspecified atom stereocenters. The SMILES string of the molecule is Cc1nn(C)c(C)c1NC(=O)CSc1nnc(-c2cccc(F)c2)n1N. The number of nitrogens with two attached hydrogens (primary N) is 1. The fourth-order valence-corrected chi connectivity index (χ4v) is 3.12. The molecule has 0 aliphatic rings. The molecule has 26 heavy (non-hydrogen) atoms. The van der Waals surface area contributed by atoms with E-state index in [-0.39, 0.29) is 17.5 Å². The number of aryl methyl sites for hydroxylation is 2. The summed E-state index contributed by atoms with van der Waals surface area (Å²) >= 11 is 1.14. The van der Waals surface area contributed by atoms with E-state index in [1.165, 1.54) is 16.8 Å². The van der Waals surface area contributed by atoms with Gasteiger partial charge in [-0.1, -0.05) is 23.9 Å². The first-order chi connectivity index (χ1) is 12.4. The lowest BCUT2D eigenvalue weighted by Crippen LogP contribution is -2.17. The van der Waals surface area contributed by atoms with Crippen molar-refractivity contribution in [3.8, 4) is 11.4 Å². The summed E-state index contributed by atoms with van der Waals surface area (Å²) in [6.45, 7) is 3.71. The van der Waals surface area contributed by atoms with Crippen molar-refractivity contribution in [2.75, 3.05) is 16.9 Å². The van der Waals surface area contributed by atoms with Gasteiger partial charge in [-0.05, 0) is 26.0 Å². The number of nitrogen functional groups attached to an aromatic ring is 1. The summed E-state index contributed by atoms with van der Waals surface area (Å²) in [5.74, 6) is 5.82. The zero-order valence-electron chi connectivity index (χ0n) is 14.5. The molecule has 10 heteroatoms. The van der Waals surface area contributed by atoms with Crippen LogP contribution in [0.2, 0.25) is 0 Å². The van der Waals surface area contributed by atoms with E-state index in [4.69, 9.17) is 5.84 Å². The van der Waals surface area contributed by atoms with Gasteiger partial charge in [0.2, 0.25) is 11.1 Å². The lowest BCUT2D eigenvalue weighted by Gasteiger charge is -2.06. The number of nitrogens with one attached hydrogen (secondary N) is 1. The highest BCUT2D eigenvalue weighted by Gasteiger charge is 2.16. The number of amides is 1. The van der Waals surface area contributed by atoms with Crippen molar-refractivity contribution in [2.24, 2.45) is 7.05 Å². The highest BCUT2D eigenvalue weighted by Crippen LogP contribution is 2.23. The highest BCUT2D eigenvalue weighted by atomic mass is 32.2. The minimum atomic E-state index is -0.388. The van der Waals surface area contributed by atoms with Crippen LogP contribution in [0.15, 0.2) is 29.4 Å². The topological polar surface area (TPSA) is 104 Å². The number of anilines is 1. The van der Waals surface area contributed by atoms with Crippen LogP contribution in [-0.2, 0) is 11.8 Å². The van der Waals surface area contributed by atoms with Gasteiger partial charge in [0.15, 0.2) is 5.82 Å². The fraction of sp³-hybridized carbons (Fsp3) is 0.250. The maximum atomic E-state index is 13.4. The van der Waals surface area contributed by atoms with Gasteiger partial charge < -0.3 is 11.2 Å². The van der Waals surface area contributed by atoms with Gasteiger partial charge in [0.05, 0.1) is 22.8 Å². The van der Waals surface area contributed by atoms with Crippen molar-refractivity contribution in [1.82, 2.24) is 24.7 Å². The Bertz CT molecular complexity index is 966. The normalized spacial score (nSPS) is 10.9. The van der Waals surface area contributed by atoms with Crippen LogP contribution < -0.4 is 11.2 Å². The van der Waals surface area contributed by atoms with E-state index in [1.807, 2.05) is 20.9 Å². The lowest BCUT2D eigenvalue weighted by molar-refractivity contribution is -0.113. The predicted octanol–water partition coefficient (Wildman–Crippen LogP) is 1.88. The second-order valence-corrected chi connectivity index (χ2v) is 6.64. The Kier molecular flexibility index (Phi) is 4.94. The number of nitrogens with zero attached hydrogens (tertiary/aromatic N) is 5. The summed E-state index contributed by atoms with van der Waals surface area (Å²) in [7, 11) is 1.82. The van der Waals surface area contributed by atoms with Gasteiger partial charge >= 0.3 is 0 Å². The number of hydrogen-bond donors (Lipinski definition) is 2. The Morgan fingerprint density at radius 2 is 2.12 bits per heavy atom. The van der Waals surface area contributed by atoms with Crippen LogP contribution in [0.5, 0.6) is 0 Å². The number of benzene rings is 1. The first kappa shape index (κ1) is 17.9. The molecule has 0 aliphatic heterocycles. The summed E-state index contributed by atoms with van der Waals surface area (Å²) in [4.78, 5) is 12.2. The van der Waals surface area contributed by atoms with E-state index in [0.717, 1.165) is 23.1 Å². The van der Waals surface area contributed by atoms with Crippen LogP contribution in [-0.4, -0.2) is 36.3 Å². The summed E-state index contributed by atoms with van der Waals surface area (Å²) in [5.41, 5.74) is 2.83. The number of rotatable bonds is 5. The first-order valence-electron chi connectivity index (χ1n) is 7.76. The molecule has 2 heterocycles. The molecule has 2 aromatic heterocycles. The third kappa shape index (κ3) is 3.54. The van der Waals surface area contributed by atoms with Crippen LogP contribution in [0.1, 0.15) is 11.4 Å². The molecule has 3 rings (SSSR count). The molecule has 8 nitrogen and oxygen atoms in total. The zero-order valence-corrected chi connectivity index (χ0v) is 15.3. The van der Waals surface area contributed by atoms with Crippen molar-refractivity contribution in [1.29, 1.82) is 0 Å². The molecule has 0 bridgehead atoms. The van der Waals surface area contributed by atoms with Gasteiger partial charge in [-0.15, -0.1) is 10.2 Å². The first-order valence-corrected chi connectivity index (χ1v) is 8.74. The molecule has 0 fully saturated rings. The Morgan fingerprint density at radius 3 is 2.77 bits per heavy atom. The van der Waals surface area contributed by atoms with Crippen LogP contribution >= 0.6 is 11.8 Å². The predicted molar refractivity (Wildman–Crippen MR) is 97.6 cm³/mol. The van der Waals surface area contributed by atoms with E-state index >= 15 is 0 Å². The van der Waals surface area contributed by atoms with Crippen molar-refractivity contribution in [3.63, 3.8) is 0 Å². The number of aromatic nitrogens is 5. The molecular formula is C16H18FN7OS. The molecule has 0 saturated heterocycles. The molecule has 3 aromatic rings. The van der Waals surface area contributed by atoms with Gasteiger partial charge in [-0.25, -0.2) is 9.07 Å². The fourth-order valence-electron chi connectivity index (χ4n) is 2.46. The van der Waals surface area contributed by atoms with E-state index in [1.54, 1.807) is 16.8 Å². The minimum absolute atomic E-state index is 0.103. The molecule has 0 spiro atoms. The number of thioether (sulfide) groups is 1. The second-order valence-electron chi connectivity index (χ2n) is 5.69. The molecule has 0 atom stereocenters. The molecule has 0 saturated carbocycles. The number of carbonyl (C=O) groups excluding carboxylic acids is 1. The Hall–Kier alpha value is -2.88. The maximum absolute atomic E-state index is 13.4. The van der Waals surface area contributed by atoms with Crippen LogP contribution in [0.4, 0.5) is 10.1 Å². The zero-order chi connectivity index (χ0) is 18.8. The van der Waals surface area contributed by atoms with Crippen molar-refractivity contribution in [2.45, 2.75) is 19.0 Å². The van der Waals surface area contributed by atoms with E-state index in [9.17, 15) is 9.18 Å². The highest BCUT2D eigenvalue weighted by molar-refractivity contribution is 7.99. The van der Waals surface area contributed by atoms with E-state index in [2.05, 4.69) is 20.6 Å². The van der Waals surface area contributed by atoms with Crippen molar-refractivity contribution < 1.29 is 9.18 Å². The van der Waals surface area contributed by atoms with Gasteiger partial charge in [0, 0.05) is 12.6 Å². The smallest absolute Gasteiger partial charge is 0.234 e. The summed E-state index contributed by atoms with van der Waals surface area (Å²) in [6.07, 6.45) is 0. The molecule has 1 amide bonds. The van der Waals surface area contributed by atoms with Gasteiger partial charge in [-0.3, -0.25) is 9.48 Å². The lowest BCUT2D eigenvalue weighted by atomic mass is 10.2. The standard InChI is InChI=1S/C16H18FN7OS/c1-9-14(10(2)23(3)22-9)19-13(25)8-26-16-21-20-15(24(16)18)11-5-4-6-12(17)7-11/h4-7H,8,18H2,1-3H3,(H,19,25). The van der Waals surface area contributed by atoms with E-state index in [0.29, 0.717) is 22.2 Å². The van der Waals surface area contributed by atoms with Crippen LogP contribution in [0.3, 0.4) is 0 Å². The molecule has 0 radical (unpaired) electrons. The Morgan fingerprint density at radius 1 is 1.35 bits per heavy atom. The Balaban J connectivity index is 1.68. The third-order valence-corrected chi connectivity index (χ3v) is 4.80. The van der Waals surface area contributed by atoms with Gasteiger partial charge in [-0.2, -0.15) is 5.10 Å². The quantitative estimate of drug-likeness (QED) is 0.521. The number of carbonyl (C=O) groups is 1. The summed E-state index contributed by atoms with van der Waals surface area (Å²) < 4.78 is 16.3.